The quantitative estimate of drug-likeness (QED) is 0.464. The summed E-state index contributed by atoms with van der Waals surface area (Å²) in [7, 11) is 3.14. The molecule has 0 spiro atoms. The number of ether oxygens (including phenoxy) is 2. The second kappa shape index (κ2) is 7.96. The van der Waals surface area contributed by atoms with E-state index in [-0.39, 0.29) is 5.82 Å². The number of nitrogens with zero attached hydrogens (tertiary/aromatic N) is 3. The van der Waals surface area contributed by atoms with Crippen LogP contribution in [-0.2, 0) is 5.75 Å². The zero-order chi connectivity index (χ0) is 18.7. The summed E-state index contributed by atoms with van der Waals surface area (Å²) in [6, 6.07) is 9.97. The molecule has 0 atom stereocenters. The van der Waals surface area contributed by atoms with Gasteiger partial charge in [0.15, 0.2) is 17.3 Å². The van der Waals surface area contributed by atoms with Gasteiger partial charge < -0.3 is 15.3 Å². The molecule has 0 unspecified atom stereocenters. The van der Waals surface area contributed by atoms with Crippen LogP contribution < -0.4 is 15.3 Å². The van der Waals surface area contributed by atoms with E-state index in [0.29, 0.717) is 32.7 Å². The Hall–Kier alpha value is -2.26. The van der Waals surface area contributed by atoms with Crippen molar-refractivity contribution < 1.29 is 13.9 Å². The van der Waals surface area contributed by atoms with Crippen LogP contribution in [0.1, 0.15) is 5.56 Å². The minimum absolute atomic E-state index is 0.289. The molecule has 2 aromatic carbocycles. The maximum absolute atomic E-state index is 13.2. The average Bonchev–Trinajstić information content (AvgIpc) is 3.01. The van der Waals surface area contributed by atoms with Crippen molar-refractivity contribution in [3.63, 3.8) is 0 Å². The Labute approximate surface area is 162 Å². The third-order valence-electron chi connectivity index (χ3n) is 3.68. The highest BCUT2D eigenvalue weighted by Gasteiger charge is 2.15. The van der Waals surface area contributed by atoms with E-state index in [4.69, 9.17) is 15.3 Å². The first-order valence-corrected chi connectivity index (χ1v) is 9.31. The highest BCUT2D eigenvalue weighted by atomic mass is 79.9. The summed E-state index contributed by atoms with van der Waals surface area (Å²) in [5, 5.41) is 8.85. The number of halogens is 2. The zero-order valence-electron chi connectivity index (χ0n) is 14.1. The minimum Gasteiger partial charge on any atom is -0.493 e. The van der Waals surface area contributed by atoms with Gasteiger partial charge in [-0.25, -0.2) is 9.07 Å². The summed E-state index contributed by atoms with van der Waals surface area (Å²) in [4.78, 5) is 0. The topological polar surface area (TPSA) is 75.2 Å². The fraction of sp³-hybridized carbons (Fsp3) is 0.176. The lowest BCUT2D eigenvalue weighted by Crippen LogP contribution is -2.11. The summed E-state index contributed by atoms with van der Waals surface area (Å²) in [6.07, 6.45) is 0. The Kier molecular flexibility index (Phi) is 5.67. The molecule has 0 aliphatic rings. The smallest absolute Gasteiger partial charge is 0.210 e. The average molecular weight is 439 g/mol. The van der Waals surface area contributed by atoms with Crippen LogP contribution in [0.25, 0.3) is 11.4 Å². The summed E-state index contributed by atoms with van der Waals surface area (Å²) < 4.78 is 25.8. The SMILES string of the molecule is COc1ccc(-c2nnc(SCc3ccc(F)cc3Br)n2N)cc1OC. The van der Waals surface area contributed by atoms with E-state index < -0.39 is 0 Å². The molecule has 136 valence electrons. The van der Waals surface area contributed by atoms with Crippen molar-refractivity contribution in [2.45, 2.75) is 10.9 Å². The van der Waals surface area contributed by atoms with E-state index in [0.717, 1.165) is 11.1 Å². The van der Waals surface area contributed by atoms with Crippen LogP contribution in [0.3, 0.4) is 0 Å². The first-order chi connectivity index (χ1) is 12.5. The van der Waals surface area contributed by atoms with E-state index in [1.54, 1.807) is 32.4 Å². The van der Waals surface area contributed by atoms with Gasteiger partial charge in [-0.3, -0.25) is 0 Å². The summed E-state index contributed by atoms with van der Waals surface area (Å²) in [5.74, 6) is 8.14. The molecular weight excluding hydrogens is 423 g/mol. The largest absolute Gasteiger partial charge is 0.493 e. The normalized spacial score (nSPS) is 10.8. The van der Waals surface area contributed by atoms with Crippen molar-refractivity contribution in [2.24, 2.45) is 0 Å². The molecule has 26 heavy (non-hydrogen) atoms. The van der Waals surface area contributed by atoms with Gasteiger partial charge in [0.1, 0.15) is 5.82 Å². The van der Waals surface area contributed by atoms with Gasteiger partial charge in [-0.1, -0.05) is 33.8 Å². The van der Waals surface area contributed by atoms with E-state index in [9.17, 15) is 4.39 Å². The van der Waals surface area contributed by atoms with Gasteiger partial charge in [0, 0.05) is 15.8 Å². The first-order valence-electron chi connectivity index (χ1n) is 7.53. The van der Waals surface area contributed by atoms with Gasteiger partial charge >= 0.3 is 0 Å². The van der Waals surface area contributed by atoms with Crippen LogP contribution in [0.5, 0.6) is 11.5 Å². The maximum Gasteiger partial charge on any atom is 0.210 e. The van der Waals surface area contributed by atoms with Crippen LogP contribution in [0.15, 0.2) is 46.0 Å². The van der Waals surface area contributed by atoms with E-state index >= 15 is 0 Å². The molecule has 0 saturated heterocycles. The van der Waals surface area contributed by atoms with Gasteiger partial charge in [0.2, 0.25) is 5.16 Å². The number of thioether (sulfide) groups is 1. The predicted molar refractivity (Wildman–Crippen MR) is 102 cm³/mol. The van der Waals surface area contributed by atoms with E-state index in [2.05, 4.69) is 26.1 Å². The molecule has 1 aromatic heterocycles. The molecule has 0 aliphatic carbocycles. The fourth-order valence-corrected chi connectivity index (χ4v) is 3.87. The lowest BCUT2D eigenvalue weighted by molar-refractivity contribution is 0.355. The molecule has 0 amide bonds. The van der Waals surface area contributed by atoms with Crippen LogP contribution in [0.2, 0.25) is 0 Å². The number of hydrogen-bond donors (Lipinski definition) is 1. The van der Waals surface area contributed by atoms with Gasteiger partial charge in [0.25, 0.3) is 0 Å². The Morgan fingerprint density at radius 1 is 1.12 bits per heavy atom. The van der Waals surface area contributed by atoms with E-state index in [1.807, 2.05) is 6.07 Å². The van der Waals surface area contributed by atoms with E-state index in [1.165, 1.54) is 28.6 Å². The highest BCUT2D eigenvalue weighted by molar-refractivity contribution is 9.10. The molecule has 3 rings (SSSR count). The Balaban J connectivity index is 1.82. The Morgan fingerprint density at radius 3 is 2.58 bits per heavy atom. The Morgan fingerprint density at radius 2 is 1.88 bits per heavy atom. The minimum atomic E-state index is -0.289. The molecule has 0 radical (unpaired) electrons. The first kappa shape index (κ1) is 18.5. The predicted octanol–water partition coefficient (Wildman–Crippen LogP) is 3.87. The maximum atomic E-state index is 13.2. The summed E-state index contributed by atoms with van der Waals surface area (Å²) >= 11 is 4.77. The third kappa shape index (κ3) is 3.78. The molecular formula is C17H16BrFN4O2S. The number of hydrogen-bond acceptors (Lipinski definition) is 6. The van der Waals surface area contributed by atoms with Crippen molar-refractivity contribution in [3.05, 3.63) is 52.3 Å². The number of nitrogen functional groups attached to an aromatic ring is 1. The number of aromatic nitrogens is 3. The lowest BCUT2D eigenvalue weighted by atomic mass is 10.2. The van der Waals surface area contributed by atoms with Crippen LogP contribution in [0, 0.1) is 5.82 Å². The van der Waals surface area contributed by atoms with Crippen molar-refractivity contribution >= 4 is 27.7 Å². The summed E-state index contributed by atoms with van der Waals surface area (Å²) in [6.45, 7) is 0. The van der Waals surface area contributed by atoms with Crippen molar-refractivity contribution in [2.75, 3.05) is 20.1 Å². The van der Waals surface area contributed by atoms with Crippen LogP contribution in [-0.4, -0.2) is 29.1 Å². The summed E-state index contributed by atoms with van der Waals surface area (Å²) in [5.41, 5.74) is 1.69. The molecule has 2 N–H and O–H groups in total. The molecule has 3 aromatic rings. The van der Waals surface area contributed by atoms with Gasteiger partial charge in [-0.2, -0.15) is 0 Å². The molecule has 0 saturated carbocycles. The molecule has 9 heteroatoms. The Bertz CT molecular complexity index is 935. The molecule has 0 aliphatic heterocycles. The second-order valence-corrected chi connectivity index (χ2v) is 7.07. The third-order valence-corrected chi connectivity index (χ3v) is 5.41. The van der Waals surface area contributed by atoms with Gasteiger partial charge in [0.05, 0.1) is 14.2 Å². The number of nitrogens with two attached hydrogens (primary N) is 1. The molecule has 0 bridgehead atoms. The number of benzene rings is 2. The zero-order valence-corrected chi connectivity index (χ0v) is 16.5. The molecule has 1 heterocycles. The number of rotatable bonds is 6. The molecule has 6 nitrogen and oxygen atoms in total. The highest BCUT2D eigenvalue weighted by Crippen LogP contribution is 2.33. The molecule has 0 fully saturated rings. The standard InChI is InChI=1S/C17H16BrFN4O2S/c1-24-14-6-4-10(7-15(14)25-2)16-21-22-17(23(16)20)26-9-11-3-5-12(19)8-13(11)18/h3-8H,9,20H2,1-2H3. The van der Waals surface area contributed by atoms with Crippen molar-refractivity contribution in [1.29, 1.82) is 0 Å². The van der Waals surface area contributed by atoms with Crippen molar-refractivity contribution in [3.8, 4) is 22.9 Å². The fourth-order valence-electron chi connectivity index (χ4n) is 2.33. The van der Waals surface area contributed by atoms with Crippen LogP contribution in [0.4, 0.5) is 4.39 Å². The van der Waals surface area contributed by atoms with Crippen molar-refractivity contribution in [1.82, 2.24) is 14.9 Å². The number of methoxy groups -OCH3 is 2. The van der Waals surface area contributed by atoms with Crippen LogP contribution >= 0.6 is 27.7 Å². The monoisotopic (exact) mass is 438 g/mol. The lowest BCUT2D eigenvalue weighted by Gasteiger charge is -2.09. The van der Waals surface area contributed by atoms with Gasteiger partial charge in [-0.05, 0) is 35.9 Å². The van der Waals surface area contributed by atoms with Gasteiger partial charge in [-0.15, -0.1) is 10.2 Å². The second-order valence-electron chi connectivity index (χ2n) is 5.27.